The molecule has 0 saturated carbocycles. The minimum Gasteiger partial charge on any atom is -0.361 e. The molecule has 1 heterocycles. The van der Waals surface area contributed by atoms with Crippen LogP contribution in [-0.4, -0.2) is 17.8 Å². The molecule has 0 radical (unpaired) electrons. The van der Waals surface area contributed by atoms with E-state index in [-0.39, 0.29) is 0 Å². The average Bonchev–Trinajstić information content (AvgIpc) is 2.73. The van der Waals surface area contributed by atoms with Gasteiger partial charge in [0.15, 0.2) is 0 Å². The van der Waals surface area contributed by atoms with Crippen LogP contribution >= 0.6 is 11.9 Å². The number of unbranched alkanes of at least 4 members (excludes halogenated alkanes) is 1. The summed E-state index contributed by atoms with van der Waals surface area (Å²) in [5, 5.41) is 1.38. The summed E-state index contributed by atoms with van der Waals surface area (Å²) in [7, 11) is 0. The number of aromatic amines is 1. The van der Waals surface area contributed by atoms with Crippen molar-refractivity contribution in [3.05, 3.63) is 36.0 Å². The molecule has 0 atom stereocenters. The summed E-state index contributed by atoms with van der Waals surface area (Å²) >= 11 is 1.70. The van der Waals surface area contributed by atoms with Crippen LogP contribution in [0.5, 0.6) is 0 Å². The quantitative estimate of drug-likeness (QED) is 0.592. The van der Waals surface area contributed by atoms with Gasteiger partial charge >= 0.3 is 0 Å². The molecule has 2 rings (SSSR count). The van der Waals surface area contributed by atoms with E-state index in [1.54, 1.807) is 11.9 Å². The van der Waals surface area contributed by atoms with E-state index < -0.39 is 0 Å². The van der Waals surface area contributed by atoms with Crippen LogP contribution in [0, 0.1) is 0 Å². The third kappa shape index (κ3) is 2.80. The van der Waals surface area contributed by atoms with Crippen molar-refractivity contribution >= 4 is 22.9 Å². The van der Waals surface area contributed by atoms with Gasteiger partial charge < -0.3 is 4.98 Å². The first-order valence-electron chi connectivity index (χ1n) is 5.72. The van der Waals surface area contributed by atoms with Crippen LogP contribution in [0.1, 0.15) is 18.4 Å². The van der Waals surface area contributed by atoms with Crippen LogP contribution in [0.4, 0.5) is 0 Å². The maximum absolute atomic E-state index is 3.32. The maximum atomic E-state index is 3.32. The highest BCUT2D eigenvalue weighted by molar-refractivity contribution is 7.96. The highest BCUT2D eigenvalue weighted by Gasteiger charge is 2.01. The van der Waals surface area contributed by atoms with Gasteiger partial charge in [0, 0.05) is 23.6 Å². The van der Waals surface area contributed by atoms with Crippen LogP contribution in [-0.2, 0) is 6.42 Å². The van der Waals surface area contributed by atoms with Gasteiger partial charge in [0.1, 0.15) is 0 Å². The smallest absolute Gasteiger partial charge is 0.0456 e. The molecule has 1 aromatic carbocycles. The summed E-state index contributed by atoms with van der Waals surface area (Å²) in [6.45, 7) is 1.10. The van der Waals surface area contributed by atoms with E-state index in [0.717, 1.165) is 6.54 Å². The number of rotatable bonds is 6. The lowest BCUT2D eigenvalue weighted by Crippen LogP contribution is -2.04. The Kier molecular flexibility index (Phi) is 4.31. The summed E-state index contributed by atoms with van der Waals surface area (Å²) < 4.78 is 3.27. The number of hydrogen-bond acceptors (Lipinski definition) is 2. The fourth-order valence-electron chi connectivity index (χ4n) is 1.95. The van der Waals surface area contributed by atoms with Crippen LogP contribution in [0.25, 0.3) is 10.9 Å². The molecular formula is C13H18N2S. The SMILES string of the molecule is CSNCCCCc1c[nH]c2ccccc12. The van der Waals surface area contributed by atoms with Gasteiger partial charge in [-0.2, -0.15) is 0 Å². The maximum Gasteiger partial charge on any atom is 0.0456 e. The van der Waals surface area contributed by atoms with Gasteiger partial charge in [0.2, 0.25) is 0 Å². The number of para-hydroxylation sites is 1. The fraction of sp³-hybridized carbons (Fsp3) is 0.385. The van der Waals surface area contributed by atoms with Gasteiger partial charge in [-0.3, -0.25) is 4.72 Å². The van der Waals surface area contributed by atoms with E-state index in [1.807, 2.05) is 0 Å². The van der Waals surface area contributed by atoms with Crippen molar-refractivity contribution < 1.29 is 0 Å². The number of hydrogen-bond donors (Lipinski definition) is 2. The van der Waals surface area contributed by atoms with Crippen LogP contribution in [0.3, 0.4) is 0 Å². The molecule has 16 heavy (non-hydrogen) atoms. The van der Waals surface area contributed by atoms with E-state index in [1.165, 1.54) is 35.7 Å². The van der Waals surface area contributed by atoms with Gasteiger partial charge in [-0.15, -0.1) is 0 Å². The molecule has 2 aromatic rings. The first-order valence-corrected chi connectivity index (χ1v) is 6.95. The summed E-state index contributed by atoms with van der Waals surface area (Å²) in [5.74, 6) is 0. The van der Waals surface area contributed by atoms with Crippen LogP contribution in [0.15, 0.2) is 30.5 Å². The molecular weight excluding hydrogens is 216 g/mol. The minimum absolute atomic E-state index is 1.10. The summed E-state index contributed by atoms with van der Waals surface area (Å²) in [4.78, 5) is 3.32. The Morgan fingerprint density at radius 2 is 2.12 bits per heavy atom. The fourth-order valence-corrected chi connectivity index (χ4v) is 2.30. The summed E-state index contributed by atoms with van der Waals surface area (Å²) in [5.41, 5.74) is 2.69. The predicted molar refractivity (Wildman–Crippen MR) is 72.8 cm³/mol. The van der Waals surface area contributed by atoms with Crippen LogP contribution in [0.2, 0.25) is 0 Å². The highest BCUT2D eigenvalue weighted by atomic mass is 32.2. The minimum atomic E-state index is 1.10. The van der Waals surface area contributed by atoms with E-state index in [2.05, 4.69) is 46.4 Å². The molecule has 3 heteroatoms. The molecule has 0 fully saturated rings. The third-order valence-electron chi connectivity index (χ3n) is 2.79. The van der Waals surface area contributed by atoms with Crippen molar-refractivity contribution in [3.63, 3.8) is 0 Å². The topological polar surface area (TPSA) is 27.8 Å². The zero-order valence-corrected chi connectivity index (χ0v) is 10.4. The average molecular weight is 234 g/mol. The zero-order chi connectivity index (χ0) is 11.2. The predicted octanol–water partition coefficient (Wildman–Crippen LogP) is 3.36. The molecule has 2 N–H and O–H groups in total. The number of nitrogens with one attached hydrogen (secondary N) is 2. The number of H-pyrrole nitrogens is 1. The monoisotopic (exact) mass is 234 g/mol. The van der Waals surface area contributed by atoms with E-state index in [4.69, 9.17) is 0 Å². The Hall–Kier alpha value is -0.930. The number of fused-ring (bicyclic) bond motifs is 1. The lowest BCUT2D eigenvalue weighted by molar-refractivity contribution is 0.727. The summed E-state index contributed by atoms with van der Waals surface area (Å²) in [6.07, 6.45) is 7.86. The van der Waals surface area contributed by atoms with Crippen LogP contribution < -0.4 is 4.72 Å². The van der Waals surface area contributed by atoms with E-state index in [9.17, 15) is 0 Å². The van der Waals surface area contributed by atoms with Crippen molar-refractivity contribution in [2.24, 2.45) is 0 Å². The second-order valence-corrected chi connectivity index (χ2v) is 4.61. The van der Waals surface area contributed by atoms with Gasteiger partial charge in [-0.25, -0.2) is 0 Å². The lowest BCUT2D eigenvalue weighted by Gasteiger charge is -2.01. The molecule has 0 aliphatic heterocycles. The van der Waals surface area contributed by atoms with E-state index >= 15 is 0 Å². The molecule has 0 spiro atoms. The Morgan fingerprint density at radius 1 is 1.25 bits per heavy atom. The van der Waals surface area contributed by atoms with Gasteiger partial charge in [0.05, 0.1) is 0 Å². The van der Waals surface area contributed by atoms with Crippen molar-refractivity contribution in [2.75, 3.05) is 12.8 Å². The Bertz CT molecular complexity index is 436. The molecule has 2 nitrogen and oxygen atoms in total. The Balaban J connectivity index is 1.89. The first kappa shape index (κ1) is 11.6. The molecule has 0 amide bonds. The van der Waals surface area contributed by atoms with Crippen molar-refractivity contribution in [1.82, 2.24) is 9.71 Å². The molecule has 0 aliphatic rings. The first-order chi connectivity index (χ1) is 7.92. The Morgan fingerprint density at radius 3 is 3.00 bits per heavy atom. The summed E-state index contributed by atoms with van der Waals surface area (Å²) in [6, 6.07) is 8.51. The van der Waals surface area contributed by atoms with Gasteiger partial charge in [-0.1, -0.05) is 30.1 Å². The number of aromatic nitrogens is 1. The van der Waals surface area contributed by atoms with E-state index in [0.29, 0.717) is 0 Å². The second-order valence-electron chi connectivity index (χ2n) is 3.92. The molecule has 0 unspecified atom stereocenters. The zero-order valence-electron chi connectivity index (χ0n) is 9.62. The number of benzene rings is 1. The highest BCUT2D eigenvalue weighted by Crippen LogP contribution is 2.19. The third-order valence-corrected chi connectivity index (χ3v) is 3.29. The molecule has 0 bridgehead atoms. The lowest BCUT2D eigenvalue weighted by atomic mass is 10.1. The van der Waals surface area contributed by atoms with Crippen molar-refractivity contribution in [1.29, 1.82) is 0 Å². The van der Waals surface area contributed by atoms with Crippen molar-refractivity contribution in [2.45, 2.75) is 19.3 Å². The molecule has 86 valence electrons. The normalized spacial score (nSPS) is 11.1. The molecule has 1 aromatic heterocycles. The van der Waals surface area contributed by atoms with Gasteiger partial charge in [-0.05, 0) is 37.1 Å². The largest absolute Gasteiger partial charge is 0.361 e. The standard InChI is InChI=1S/C13H18N2S/c1-16-15-9-5-4-6-11-10-14-13-8-3-2-7-12(11)13/h2-3,7-8,10,14-15H,4-6,9H2,1H3. The Labute approximate surface area is 101 Å². The molecule has 0 aliphatic carbocycles. The second kappa shape index (κ2) is 5.97. The van der Waals surface area contributed by atoms with Crippen molar-refractivity contribution in [3.8, 4) is 0 Å². The molecule has 0 saturated heterocycles. The van der Waals surface area contributed by atoms with Gasteiger partial charge in [0.25, 0.3) is 0 Å². The number of aryl methyl sites for hydroxylation is 1.